The van der Waals surface area contributed by atoms with Crippen LogP contribution < -0.4 is 15.2 Å². The van der Waals surface area contributed by atoms with Crippen molar-refractivity contribution in [2.24, 2.45) is 0 Å². The van der Waals surface area contributed by atoms with Gasteiger partial charge in [0.15, 0.2) is 5.56 Å². The average molecular weight is 320 g/mol. The molecule has 1 aromatic heterocycles. The molecule has 0 radical (unpaired) electrons. The van der Waals surface area contributed by atoms with Gasteiger partial charge in [-0.3, -0.25) is 0 Å². The first kappa shape index (κ1) is 15.4. The van der Waals surface area contributed by atoms with E-state index in [-0.39, 0.29) is 23.9 Å². The first-order valence-electron chi connectivity index (χ1n) is 7.44. The number of nitrogens with two attached hydrogens (primary N) is 1. The van der Waals surface area contributed by atoms with Crippen LogP contribution in [0.2, 0.25) is 0 Å². The molecule has 6 nitrogen and oxygen atoms in total. The molecule has 2 N–H and O–H groups in total. The molecule has 3 rings (SSSR count). The number of benzene rings is 2. The van der Waals surface area contributed by atoms with Crippen molar-refractivity contribution < 1.29 is 9.47 Å². The first-order chi connectivity index (χ1) is 11.8. The van der Waals surface area contributed by atoms with Crippen LogP contribution >= 0.6 is 0 Å². The highest BCUT2D eigenvalue weighted by Gasteiger charge is 2.17. The standard InChI is InChI=1S/C18H16N4O2/c19-13-16-17(20)22(14-7-3-1-4-8-14)21-18(16)24-12-11-23-15-9-5-2-6-10-15/h1-10H,11-12,20H2. The van der Waals surface area contributed by atoms with Gasteiger partial charge < -0.3 is 15.2 Å². The molecule has 0 aliphatic carbocycles. The molecule has 0 aliphatic rings. The van der Waals surface area contributed by atoms with Crippen molar-refractivity contribution in [3.63, 3.8) is 0 Å². The molecule has 1 heterocycles. The number of ether oxygens (including phenoxy) is 2. The van der Waals surface area contributed by atoms with E-state index in [4.69, 9.17) is 15.2 Å². The van der Waals surface area contributed by atoms with Crippen LogP contribution in [0.25, 0.3) is 5.69 Å². The van der Waals surface area contributed by atoms with E-state index in [0.717, 1.165) is 11.4 Å². The summed E-state index contributed by atoms with van der Waals surface area (Å²) < 4.78 is 12.6. The Balaban J connectivity index is 1.68. The second-order valence-electron chi connectivity index (χ2n) is 4.93. The molecule has 24 heavy (non-hydrogen) atoms. The summed E-state index contributed by atoms with van der Waals surface area (Å²) in [7, 11) is 0. The number of nitrogen functional groups attached to an aromatic ring is 1. The number of rotatable bonds is 6. The van der Waals surface area contributed by atoms with E-state index in [1.807, 2.05) is 66.7 Å². The molecule has 120 valence electrons. The molecular weight excluding hydrogens is 304 g/mol. The van der Waals surface area contributed by atoms with Crippen LogP contribution in [0.4, 0.5) is 5.82 Å². The van der Waals surface area contributed by atoms with Crippen LogP contribution in [-0.4, -0.2) is 23.0 Å². The van der Waals surface area contributed by atoms with E-state index in [9.17, 15) is 5.26 Å². The number of hydrogen-bond acceptors (Lipinski definition) is 5. The van der Waals surface area contributed by atoms with Crippen molar-refractivity contribution in [1.29, 1.82) is 5.26 Å². The van der Waals surface area contributed by atoms with Crippen molar-refractivity contribution in [2.45, 2.75) is 0 Å². The Morgan fingerprint density at radius 2 is 1.58 bits per heavy atom. The zero-order valence-electron chi connectivity index (χ0n) is 12.9. The van der Waals surface area contributed by atoms with Gasteiger partial charge in [-0.2, -0.15) is 5.26 Å². The quantitative estimate of drug-likeness (QED) is 0.706. The largest absolute Gasteiger partial charge is 0.490 e. The smallest absolute Gasteiger partial charge is 0.253 e. The molecule has 2 aromatic carbocycles. The van der Waals surface area contributed by atoms with Crippen LogP contribution in [-0.2, 0) is 0 Å². The Morgan fingerprint density at radius 1 is 0.958 bits per heavy atom. The zero-order chi connectivity index (χ0) is 16.8. The topological polar surface area (TPSA) is 86.1 Å². The van der Waals surface area contributed by atoms with Crippen molar-refractivity contribution in [3.05, 3.63) is 66.2 Å². The molecule has 0 amide bonds. The Morgan fingerprint density at radius 3 is 2.25 bits per heavy atom. The normalized spacial score (nSPS) is 10.1. The highest BCUT2D eigenvalue weighted by molar-refractivity contribution is 5.58. The fraction of sp³-hybridized carbons (Fsp3) is 0.111. The van der Waals surface area contributed by atoms with Gasteiger partial charge in [0.25, 0.3) is 5.88 Å². The number of para-hydroxylation sites is 2. The second kappa shape index (κ2) is 7.20. The fourth-order valence-corrected chi connectivity index (χ4v) is 2.20. The van der Waals surface area contributed by atoms with Gasteiger partial charge in [0.1, 0.15) is 30.9 Å². The maximum atomic E-state index is 9.30. The van der Waals surface area contributed by atoms with Crippen molar-refractivity contribution in [2.75, 3.05) is 18.9 Å². The number of anilines is 1. The maximum absolute atomic E-state index is 9.30. The average Bonchev–Trinajstić information content (AvgIpc) is 2.96. The first-order valence-corrected chi connectivity index (χ1v) is 7.44. The summed E-state index contributed by atoms with van der Waals surface area (Å²) in [6, 6.07) is 20.8. The summed E-state index contributed by atoms with van der Waals surface area (Å²) in [6.07, 6.45) is 0. The number of aromatic nitrogens is 2. The number of nitriles is 1. The van der Waals surface area contributed by atoms with E-state index in [1.165, 1.54) is 4.68 Å². The molecule has 0 saturated carbocycles. The predicted octanol–water partition coefficient (Wildman–Crippen LogP) is 2.78. The molecule has 0 unspecified atom stereocenters. The van der Waals surface area contributed by atoms with Gasteiger partial charge in [-0.25, -0.2) is 4.68 Å². The second-order valence-corrected chi connectivity index (χ2v) is 4.93. The molecule has 0 saturated heterocycles. The van der Waals surface area contributed by atoms with Gasteiger partial charge in [-0.1, -0.05) is 36.4 Å². The van der Waals surface area contributed by atoms with Crippen molar-refractivity contribution >= 4 is 5.82 Å². The number of nitrogens with zero attached hydrogens (tertiary/aromatic N) is 3. The fourth-order valence-electron chi connectivity index (χ4n) is 2.20. The molecular formula is C18H16N4O2. The summed E-state index contributed by atoms with van der Waals surface area (Å²) in [5.41, 5.74) is 7.00. The zero-order valence-corrected chi connectivity index (χ0v) is 12.9. The molecule has 6 heteroatoms. The third-order valence-electron chi connectivity index (χ3n) is 3.34. The van der Waals surface area contributed by atoms with Crippen LogP contribution in [0.1, 0.15) is 5.56 Å². The molecule has 0 aliphatic heterocycles. The van der Waals surface area contributed by atoms with Crippen LogP contribution in [0, 0.1) is 11.3 Å². The van der Waals surface area contributed by atoms with Gasteiger partial charge in [0.2, 0.25) is 0 Å². The van der Waals surface area contributed by atoms with E-state index in [2.05, 4.69) is 5.10 Å². The number of hydrogen-bond donors (Lipinski definition) is 1. The minimum atomic E-state index is 0.204. The van der Waals surface area contributed by atoms with Gasteiger partial charge in [-0.15, -0.1) is 5.10 Å². The van der Waals surface area contributed by atoms with Gasteiger partial charge >= 0.3 is 0 Å². The minimum absolute atomic E-state index is 0.204. The SMILES string of the molecule is N#Cc1c(OCCOc2ccccc2)nn(-c2ccccc2)c1N. The maximum Gasteiger partial charge on any atom is 0.253 e. The summed E-state index contributed by atoms with van der Waals surface area (Å²) in [6.45, 7) is 0.599. The van der Waals surface area contributed by atoms with Gasteiger partial charge in [-0.05, 0) is 24.3 Å². The van der Waals surface area contributed by atoms with E-state index in [1.54, 1.807) is 0 Å². The van der Waals surface area contributed by atoms with Crippen LogP contribution in [0.3, 0.4) is 0 Å². The molecule has 0 atom stereocenters. The highest BCUT2D eigenvalue weighted by Crippen LogP contribution is 2.25. The summed E-state index contributed by atoms with van der Waals surface area (Å²) in [5, 5.41) is 13.6. The predicted molar refractivity (Wildman–Crippen MR) is 90.1 cm³/mol. The monoisotopic (exact) mass is 320 g/mol. The highest BCUT2D eigenvalue weighted by atomic mass is 16.5. The Hall–Kier alpha value is -3.46. The van der Waals surface area contributed by atoms with E-state index >= 15 is 0 Å². The minimum Gasteiger partial charge on any atom is -0.490 e. The Kier molecular flexibility index (Phi) is 4.63. The van der Waals surface area contributed by atoms with Crippen LogP contribution in [0.5, 0.6) is 11.6 Å². The lowest BCUT2D eigenvalue weighted by Crippen LogP contribution is -2.10. The third-order valence-corrected chi connectivity index (χ3v) is 3.34. The molecule has 0 spiro atoms. The van der Waals surface area contributed by atoms with Crippen molar-refractivity contribution in [1.82, 2.24) is 9.78 Å². The summed E-state index contributed by atoms with van der Waals surface area (Å²) in [5.74, 6) is 1.22. The third kappa shape index (κ3) is 3.31. The van der Waals surface area contributed by atoms with E-state index < -0.39 is 0 Å². The van der Waals surface area contributed by atoms with E-state index in [0.29, 0.717) is 6.61 Å². The van der Waals surface area contributed by atoms with Gasteiger partial charge in [0.05, 0.1) is 5.69 Å². The lowest BCUT2D eigenvalue weighted by Gasteiger charge is -2.06. The van der Waals surface area contributed by atoms with Crippen molar-refractivity contribution in [3.8, 4) is 23.4 Å². The molecule has 0 fully saturated rings. The van der Waals surface area contributed by atoms with Gasteiger partial charge in [0, 0.05) is 0 Å². The lowest BCUT2D eigenvalue weighted by atomic mass is 10.3. The Bertz CT molecular complexity index is 839. The lowest BCUT2D eigenvalue weighted by molar-refractivity contribution is 0.211. The summed E-state index contributed by atoms with van der Waals surface area (Å²) in [4.78, 5) is 0. The van der Waals surface area contributed by atoms with Crippen LogP contribution in [0.15, 0.2) is 60.7 Å². The molecule has 0 bridgehead atoms. The Labute approximate surface area is 139 Å². The summed E-state index contributed by atoms with van der Waals surface area (Å²) >= 11 is 0. The molecule has 3 aromatic rings.